The molecule has 0 atom stereocenters. The molecule has 2 heterocycles. The molecule has 0 amide bonds. The Morgan fingerprint density at radius 2 is 0.917 bits per heavy atom. The number of hydrogen-bond acceptors (Lipinski definition) is 4. The van der Waals surface area contributed by atoms with Crippen LogP contribution in [0.25, 0.3) is 98.4 Å². The van der Waals surface area contributed by atoms with Gasteiger partial charge in [0.1, 0.15) is 12.7 Å². The van der Waals surface area contributed by atoms with Crippen molar-refractivity contribution in [2.75, 3.05) is 0 Å². The molecule has 0 spiro atoms. The standard InChI is InChI=1S/C44H26N4/c1-4-10-35-27(7-1)12-18-38-34-16-15-31(44-47-25-45-26-48-44)22-32(34)24-40(42(35)38)39-23-28-8-2-3-9-33(28)37-19-13-29-21-30(14-17-36(29)43(37)39)41-11-5-6-20-46-41/h1-26H. The molecule has 0 aliphatic heterocycles. The van der Waals surface area contributed by atoms with Crippen LogP contribution in [0.1, 0.15) is 0 Å². The van der Waals surface area contributed by atoms with E-state index in [9.17, 15) is 0 Å². The minimum atomic E-state index is 0.665. The van der Waals surface area contributed by atoms with E-state index >= 15 is 0 Å². The number of pyridine rings is 1. The number of aromatic nitrogens is 4. The molecule has 48 heavy (non-hydrogen) atoms. The molecule has 0 aliphatic rings. The predicted molar refractivity (Wildman–Crippen MR) is 199 cm³/mol. The zero-order chi connectivity index (χ0) is 31.6. The van der Waals surface area contributed by atoms with Crippen molar-refractivity contribution in [3.8, 4) is 33.8 Å². The second-order valence-corrected chi connectivity index (χ2v) is 12.3. The second-order valence-electron chi connectivity index (χ2n) is 12.3. The predicted octanol–water partition coefficient (Wildman–Crippen LogP) is 11.2. The van der Waals surface area contributed by atoms with E-state index in [1.54, 1.807) is 12.7 Å². The Labute approximate surface area is 276 Å². The quantitative estimate of drug-likeness (QED) is 0.187. The van der Waals surface area contributed by atoms with Gasteiger partial charge in [-0.2, -0.15) is 0 Å². The van der Waals surface area contributed by atoms with Gasteiger partial charge in [0.15, 0.2) is 5.82 Å². The molecular weight excluding hydrogens is 585 g/mol. The number of hydrogen-bond donors (Lipinski definition) is 0. The Balaban J connectivity index is 1.37. The zero-order valence-corrected chi connectivity index (χ0v) is 25.8. The molecule has 0 fully saturated rings. The van der Waals surface area contributed by atoms with E-state index in [-0.39, 0.29) is 0 Å². The van der Waals surface area contributed by atoms with Crippen molar-refractivity contribution in [2.24, 2.45) is 0 Å². The Morgan fingerprint density at radius 3 is 1.71 bits per heavy atom. The summed E-state index contributed by atoms with van der Waals surface area (Å²) in [5.41, 5.74) is 5.47. The molecule has 2 aromatic heterocycles. The zero-order valence-electron chi connectivity index (χ0n) is 25.8. The van der Waals surface area contributed by atoms with E-state index in [1.807, 2.05) is 18.3 Å². The van der Waals surface area contributed by atoms with Crippen molar-refractivity contribution in [3.05, 3.63) is 158 Å². The molecule has 0 bridgehead atoms. The van der Waals surface area contributed by atoms with Crippen LogP contribution in [0.2, 0.25) is 0 Å². The summed E-state index contributed by atoms with van der Waals surface area (Å²) in [4.78, 5) is 17.6. The van der Waals surface area contributed by atoms with E-state index in [4.69, 9.17) is 0 Å². The molecule has 0 saturated carbocycles. The van der Waals surface area contributed by atoms with Crippen LogP contribution in [0.15, 0.2) is 158 Å². The average molecular weight is 611 g/mol. The lowest BCUT2D eigenvalue weighted by Gasteiger charge is -2.18. The summed E-state index contributed by atoms with van der Waals surface area (Å²) in [5.74, 6) is 0.665. The minimum absolute atomic E-state index is 0.665. The topological polar surface area (TPSA) is 51.6 Å². The molecule has 0 aliphatic carbocycles. The van der Waals surface area contributed by atoms with Gasteiger partial charge in [-0.05, 0) is 112 Å². The average Bonchev–Trinajstić information content (AvgIpc) is 3.17. The number of nitrogens with zero attached hydrogens (tertiary/aromatic N) is 4. The monoisotopic (exact) mass is 610 g/mol. The van der Waals surface area contributed by atoms with E-state index < -0.39 is 0 Å². The van der Waals surface area contributed by atoms with Crippen molar-refractivity contribution in [1.82, 2.24) is 19.9 Å². The molecule has 222 valence electrons. The Morgan fingerprint density at radius 1 is 0.354 bits per heavy atom. The lowest BCUT2D eigenvalue weighted by molar-refractivity contribution is 1.06. The molecule has 4 nitrogen and oxygen atoms in total. The van der Waals surface area contributed by atoms with Crippen LogP contribution in [0.3, 0.4) is 0 Å². The van der Waals surface area contributed by atoms with Crippen LogP contribution >= 0.6 is 0 Å². The SMILES string of the molecule is c1ccc(-c2ccc3c(ccc4c5ccccc5cc(-c5cc6cc(-c7ncncn7)ccc6c6ccc7ccccc7c56)c34)c2)nc1. The lowest BCUT2D eigenvalue weighted by Crippen LogP contribution is -1.92. The molecule has 0 unspecified atom stereocenters. The van der Waals surface area contributed by atoms with Gasteiger partial charge in [-0.1, -0.05) is 103 Å². The minimum Gasteiger partial charge on any atom is -0.256 e. The number of rotatable bonds is 3. The van der Waals surface area contributed by atoms with Crippen molar-refractivity contribution in [1.29, 1.82) is 0 Å². The summed E-state index contributed by atoms with van der Waals surface area (Å²) in [6, 6.07) is 50.7. The van der Waals surface area contributed by atoms with E-state index in [0.717, 1.165) is 22.2 Å². The summed E-state index contributed by atoms with van der Waals surface area (Å²) in [6.45, 7) is 0. The molecular formula is C44H26N4. The summed E-state index contributed by atoms with van der Waals surface area (Å²) >= 11 is 0. The molecule has 10 aromatic rings. The fraction of sp³-hybridized carbons (Fsp3) is 0. The summed E-state index contributed by atoms with van der Waals surface area (Å²) < 4.78 is 0. The first-order chi connectivity index (χ1) is 23.8. The summed E-state index contributed by atoms with van der Waals surface area (Å²) in [7, 11) is 0. The highest BCUT2D eigenvalue weighted by Gasteiger charge is 2.18. The highest BCUT2D eigenvalue weighted by molar-refractivity contribution is 6.29. The van der Waals surface area contributed by atoms with Gasteiger partial charge in [0, 0.05) is 17.3 Å². The van der Waals surface area contributed by atoms with E-state index in [1.165, 1.54) is 70.4 Å². The van der Waals surface area contributed by atoms with Crippen LogP contribution in [0.5, 0.6) is 0 Å². The normalized spacial score (nSPS) is 11.8. The maximum absolute atomic E-state index is 4.63. The highest BCUT2D eigenvalue weighted by Crippen LogP contribution is 2.45. The Kier molecular flexibility index (Phi) is 5.84. The maximum atomic E-state index is 4.63. The van der Waals surface area contributed by atoms with Crippen LogP contribution in [-0.4, -0.2) is 19.9 Å². The van der Waals surface area contributed by atoms with Gasteiger partial charge in [-0.25, -0.2) is 15.0 Å². The Hall–Kier alpha value is -6.52. The van der Waals surface area contributed by atoms with Crippen molar-refractivity contribution >= 4 is 64.6 Å². The summed E-state index contributed by atoms with van der Waals surface area (Å²) in [5, 5.41) is 14.7. The van der Waals surface area contributed by atoms with E-state index in [2.05, 4.69) is 147 Å². The number of benzene rings is 8. The van der Waals surface area contributed by atoms with Gasteiger partial charge >= 0.3 is 0 Å². The third-order valence-electron chi connectivity index (χ3n) is 9.68. The van der Waals surface area contributed by atoms with Crippen molar-refractivity contribution < 1.29 is 0 Å². The maximum Gasteiger partial charge on any atom is 0.162 e. The largest absolute Gasteiger partial charge is 0.256 e. The van der Waals surface area contributed by atoms with Crippen LogP contribution in [0.4, 0.5) is 0 Å². The fourth-order valence-corrected chi connectivity index (χ4v) is 7.53. The number of fused-ring (bicyclic) bond motifs is 10. The van der Waals surface area contributed by atoms with Gasteiger partial charge in [-0.15, -0.1) is 0 Å². The highest BCUT2D eigenvalue weighted by atomic mass is 15.0. The fourth-order valence-electron chi connectivity index (χ4n) is 7.53. The van der Waals surface area contributed by atoms with Gasteiger partial charge in [-0.3, -0.25) is 4.98 Å². The van der Waals surface area contributed by atoms with Crippen molar-refractivity contribution in [2.45, 2.75) is 0 Å². The smallest absolute Gasteiger partial charge is 0.162 e. The molecule has 10 rings (SSSR count). The molecule has 0 saturated heterocycles. The third-order valence-corrected chi connectivity index (χ3v) is 9.68. The van der Waals surface area contributed by atoms with Crippen LogP contribution in [0, 0.1) is 0 Å². The molecule has 4 heteroatoms. The lowest BCUT2D eigenvalue weighted by atomic mass is 9.85. The first-order valence-corrected chi connectivity index (χ1v) is 16.1. The molecule has 0 N–H and O–H groups in total. The first-order valence-electron chi connectivity index (χ1n) is 16.1. The molecule has 8 aromatic carbocycles. The van der Waals surface area contributed by atoms with Gasteiger partial charge in [0.05, 0.1) is 5.69 Å². The van der Waals surface area contributed by atoms with Crippen LogP contribution in [-0.2, 0) is 0 Å². The third kappa shape index (κ3) is 4.10. The van der Waals surface area contributed by atoms with Gasteiger partial charge in [0.25, 0.3) is 0 Å². The second kappa shape index (κ2) is 10.5. The Bertz CT molecular complexity index is 2880. The van der Waals surface area contributed by atoms with Gasteiger partial charge in [0.2, 0.25) is 0 Å². The first kappa shape index (κ1) is 26.7. The van der Waals surface area contributed by atoms with Crippen LogP contribution < -0.4 is 0 Å². The van der Waals surface area contributed by atoms with E-state index in [0.29, 0.717) is 5.82 Å². The summed E-state index contributed by atoms with van der Waals surface area (Å²) in [6.07, 6.45) is 4.96. The van der Waals surface area contributed by atoms with Gasteiger partial charge < -0.3 is 0 Å². The molecule has 0 radical (unpaired) electrons. The van der Waals surface area contributed by atoms with Crippen molar-refractivity contribution in [3.63, 3.8) is 0 Å².